The number of Topliss-reactive ketones (excluding diaryl/α,β-unsaturated/α-hetero) is 1. The molecule has 0 aliphatic rings. The fourth-order valence-corrected chi connectivity index (χ4v) is 1.45. The van der Waals surface area contributed by atoms with Crippen LogP contribution in [0.2, 0.25) is 5.02 Å². The van der Waals surface area contributed by atoms with E-state index in [1.54, 1.807) is 6.92 Å². The number of phenols is 2. The molecule has 0 aliphatic heterocycles. The molecule has 1 unspecified atom stereocenters. The smallest absolute Gasteiger partial charge is 0.177 e. The lowest BCUT2D eigenvalue weighted by Gasteiger charge is -2.10. The number of benzene rings is 1. The van der Waals surface area contributed by atoms with Gasteiger partial charge in [-0.25, -0.2) is 0 Å². The van der Waals surface area contributed by atoms with Crippen molar-refractivity contribution in [1.82, 2.24) is 0 Å². The standard InChI is InChI=1S/C11H13ClO3/c1-3-6(2)10(14)7-4-5-8(13)11(15)9(7)12/h4-6,13,15H,3H2,1-2H3. The van der Waals surface area contributed by atoms with Gasteiger partial charge in [-0.15, -0.1) is 0 Å². The van der Waals surface area contributed by atoms with Crippen LogP contribution in [0, 0.1) is 5.92 Å². The molecular weight excluding hydrogens is 216 g/mol. The van der Waals surface area contributed by atoms with E-state index in [1.165, 1.54) is 12.1 Å². The van der Waals surface area contributed by atoms with E-state index in [0.29, 0.717) is 6.42 Å². The highest BCUT2D eigenvalue weighted by Crippen LogP contribution is 2.36. The minimum Gasteiger partial charge on any atom is -0.504 e. The molecule has 3 nitrogen and oxygen atoms in total. The molecule has 1 atom stereocenters. The van der Waals surface area contributed by atoms with Crippen molar-refractivity contribution in [2.24, 2.45) is 5.92 Å². The van der Waals surface area contributed by atoms with Crippen LogP contribution in [-0.2, 0) is 0 Å². The Labute approximate surface area is 93.3 Å². The summed E-state index contributed by atoms with van der Waals surface area (Å²) in [6.45, 7) is 3.69. The van der Waals surface area contributed by atoms with Crippen LogP contribution in [0.15, 0.2) is 12.1 Å². The van der Waals surface area contributed by atoms with Crippen molar-refractivity contribution in [3.8, 4) is 11.5 Å². The van der Waals surface area contributed by atoms with Crippen LogP contribution in [0.1, 0.15) is 30.6 Å². The summed E-state index contributed by atoms with van der Waals surface area (Å²) in [4.78, 5) is 11.8. The Morgan fingerprint density at radius 3 is 2.60 bits per heavy atom. The molecule has 0 aliphatic carbocycles. The molecule has 15 heavy (non-hydrogen) atoms. The lowest BCUT2D eigenvalue weighted by atomic mass is 9.97. The van der Waals surface area contributed by atoms with Gasteiger partial charge in [0.2, 0.25) is 0 Å². The van der Waals surface area contributed by atoms with E-state index >= 15 is 0 Å². The van der Waals surface area contributed by atoms with Gasteiger partial charge in [0.15, 0.2) is 17.3 Å². The predicted octanol–water partition coefficient (Wildman–Crippen LogP) is 2.98. The molecule has 0 heterocycles. The maximum atomic E-state index is 11.8. The van der Waals surface area contributed by atoms with Gasteiger partial charge in [0.25, 0.3) is 0 Å². The molecule has 1 aromatic carbocycles. The van der Waals surface area contributed by atoms with Crippen LogP contribution >= 0.6 is 11.6 Å². The van der Waals surface area contributed by atoms with Crippen molar-refractivity contribution >= 4 is 17.4 Å². The minimum atomic E-state index is -0.439. The largest absolute Gasteiger partial charge is 0.504 e. The number of hydrogen-bond donors (Lipinski definition) is 2. The van der Waals surface area contributed by atoms with Crippen LogP contribution in [-0.4, -0.2) is 16.0 Å². The average molecular weight is 229 g/mol. The Morgan fingerprint density at radius 1 is 1.47 bits per heavy atom. The minimum absolute atomic E-state index is 0.0831. The molecule has 4 heteroatoms. The van der Waals surface area contributed by atoms with Crippen LogP contribution in [0.3, 0.4) is 0 Å². The topological polar surface area (TPSA) is 57.5 Å². The summed E-state index contributed by atoms with van der Waals surface area (Å²) in [5.41, 5.74) is 0.251. The third-order valence-corrected chi connectivity index (χ3v) is 2.80. The highest BCUT2D eigenvalue weighted by molar-refractivity contribution is 6.35. The number of halogens is 1. The zero-order chi connectivity index (χ0) is 11.6. The second-order valence-corrected chi connectivity index (χ2v) is 3.85. The summed E-state index contributed by atoms with van der Waals surface area (Å²) in [5, 5.41) is 18.4. The average Bonchev–Trinajstić information content (AvgIpc) is 2.24. The molecule has 1 rings (SSSR count). The van der Waals surface area contributed by atoms with E-state index in [0.717, 1.165) is 0 Å². The number of aromatic hydroxyl groups is 2. The van der Waals surface area contributed by atoms with E-state index in [1.807, 2.05) is 6.92 Å². The third-order valence-electron chi connectivity index (χ3n) is 2.42. The van der Waals surface area contributed by atoms with Gasteiger partial charge >= 0.3 is 0 Å². The summed E-state index contributed by atoms with van der Waals surface area (Å²) >= 11 is 5.76. The fraction of sp³-hybridized carbons (Fsp3) is 0.364. The predicted molar refractivity (Wildman–Crippen MR) is 58.6 cm³/mol. The highest BCUT2D eigenvalue weighted by Gasteiger charge is 2.19. The zero-order valence-electron chi connectivity index (χ0n) is 8.62. The highest BCUT2D eigenvalue weighted by atomic mass is 35.5. The molecule has 0 amide bonds. The molecule has 0 aromatic heterocycles. The zero-order valence-corrected chi connectivity index (χ0v) is 9.38. The molecule has 82 valence electrons. The van der Waals surface area contributed by atoms with Gasteiger partial charge in [-0.05, 0) is 18.6 Å². The molecule has 0 spiro atoms. The Bertz CT molecular complexity index is 388. The van der Waals surface area contributed by atoms with Gasteiger partial charge in [-0.3, -0.25) is 4.79 Å². The SMILES string of the molecule is CCC(C)C(=O)c1ccc(O)c(O)c1Cl. The maximum Gasteiger partial charge on any atom is 0.177 e. The molecule has 1 aromatic rings. The van der Waals surface area contributed by atoms with Gasteiger partial charge in [0.1, 0.15) is 0 Å². The lowest BCUT2D eigenvalue weighted by Crippen LogP contribution is -2.10. The molecule has 2 N–H and O–H groups in total. The third kappa shape index (κ3) is 2.23. The number of hydrogen-bond acceptors (Lipinski definition) is 3. The Balaban J connectivity index is 3.16. The van der Waals surface area contributed by atoms with E-state index in [2.05, 4.69) is 0 Å². The summed E-state index contributed by atoms with van der Waals surface area (Å²) in [6, 6.07) is 2.68. The number of rotatable bonds is 3. The molecule has 0 radical (unpaired) electrons. The number of ketones is 1. The van der Waals surface area contributed by atoms with E-state index in [9.17, 15) is 9.90 Å². The maximum absolute atomic E-state index is 11.8. The second-order valence-electron chi connectivity index (χ2n) is 3.47. The first kappa shape index (κ1) is 11.9. The monoisotopic (exact) mass is 228 g/mol. The molecule has 0 fully saturated rings. The van der Waals surface area contributed by atoms with Crippen LogP contribution < -0.4 is 0 Å². The molecule has 0 saturated heterocycles. The fourth-order valence-electron chi connectivity index (χ4n) is 1.20. The van der Waals surface area contributed by atoms with Crippen LogP contribution in [0.5, 0.6) is 11.5 Å². The number of phenolic OH excluding ortho intramolecular Hbond substituents is 2. The van der Waals surface area contributed by atoms with Crippen molar-refractivity contribution in [2.45, 2.75) is 20.3 Å². The first-order valence-corrected chi connectivity index (χ1v) is 5.11. The van der Waals surface area contributed by atoms with E-state index in [4.69, 9.17) is 16.7 Å². The van der Waals surface area contributed by atoms with Gasteiger partial charge < -0.3 is 10.2 Å². The summed E-state index contributed by atoms with van der Waals surface area (Å²) in [5.74, 6) is -1.03. The number of carbonyl (C=O) groups excluding carboxylic acids is 1. The normalized spacial score (nSPS) is 12.5. The van der Waals surface area contributed by atoms with Gasteiger partial charge in [0, 0.05) is 11.5 Å². The van der Waals surface area contributed by atoms with Gasteiger partial charge in [0.05, 0.1) is 5.02 Å². The van der Waals surface area contributed by atoms with Crippen molar-refractivity contribution in [1.29, 1.82) is 0 Å². The van der Waals surface area contributed by atoms with Gasteiger partial charge in [-0.1, -0.05) is 25.4 Å². The Morgan fingerprint density at radius 2 is 2.07 bits per heavy atom. The van der Waals surface area contributed by atoms with E-state index < -0.39 is 5.75 Å². The first-order chi connectivity index (χ1) is 6.99. The van der Waals surface area contributed by atoms with Crippen LogP contribution in [0.4, 0.5) is 0 Å². The molecule has 0 saturated carbocycles. The van der Waals surface area contributed by atoms with Crippen molar-refractivity contribution in [2.75, 3.05) is 0 Å². The summed E-state index contributed by atoms with van der Waals surface area (Å²) < 4.78 is 0. The first-order valence-electron chi connectivity index (χ1n) is 4.73. The Hall–Kier alpha value is -1.22. The molecular formula is C11H13ClO3. The van der Waals surface area contributed by atoms with Crippen LogP contribution in [0.25, 0.3) is 0 Å². The second kappa shape index (κ2) is 4.53. The Kier molecular flexibility index (Phi) is 3.58. The summed E-state index contributed by atoms with van der Waals surface area (Å²) in [7, 11) is 0. The van der Waals surface area contributed by atoms with Crippen molar-refractivity contribution in [3.05, 3.63) is 22.7 Å². The number of carbonyl (C=O) groups is 1. The summed E-state index contributed by atoms with van der Waals surface area (Å²) in [6.07, 6.45) is 0.705. The van der Waals surface area contributed by atoms with Gasteiger partial charge in [-0.2, -0.15) is 0 Å². The lowest BCUT2D eigenvalue weighted by molar-refractivity contribution is 0.0927. The van der Waals surface area contributed by atoms with E-state index in [-0.39, 0.29) is 28.0 Å². The quantitative estimate of drug-likeness (QED) is 0.618. The van der Waals surface area contributed by atoms with Crippen molar-refractivity contribution in [3.63, 3.8) is 0 Å². The molecule has 0 bridgehead atoms. The van der Waals surface area contributed by atoms with Crippen molar-refractivity contribution < 1.29 is 15.0 Å².